The molecule has 0 heterocycles. The first-order valence-corrected chi connectivity index (χ1v) is 14.4. The van der Waals surface area contributed by atoms with Crippen LogP contribution in [0.3, 0.4) is 0 Å². The molecule has 2 unspecified atom stereocenters. The predicted molar refractivity (Wildman–Crippen MR) is 161 cm³/mol. The maximum Gasteiger partial charge on any atom is 0.323 e. The second kappa shape index (κ2) is 14.4. The Kier molecular flexibility index (Phi) is 11.5. The smallest absolute Gasteiger partial charge is 0.323 e. The minimum Gasteiger partial charge on any atom is -0.489 e. The Hall–Kier alpha value is -2.32. The SMILES string of the molecule is CC(C)=CCOc1cc(OCC2=C(Br)C(C3=CCC(C)(C)CC=C3)CC=C2)c(Cl)cc1CNC(CO)C(=O)O. The molecule has 0 bridgehead atoms. The molecule has 2 aliphatic carbocycles. The Morgan fingerprint density at radius 3 is 2.67 bits per heavy atom. The molecule has 3 rings (SSSR count). The van der Waals surface area contributed by atoms with E-state index in [1.807, 2.05) is 19.9 Å². The molecule has 6 nitrogen and oxygen atoms in total. The van der Waals surface area contributed by atoms with Gasteiger partial charge in [0.05, 0.1) is 11.6 Å². The number of carboxylic acid groups (broad SMARTS) is 1. The molecule has 0 spiro atoms. The second-order valence-electron chi connectivity index (χ2n) is 11.0. The van der Waals surface area contributed by atoms with Crippen molar-refractivity contribution in [2.24, 2.45) is 11.3 Å². The highest BCUT2D eigenvalue weighted by molar-refractivity contribution is 9.11. The van der Waals surface area contributed by atoms with Gasteiger partial charge in [-0.25, -0.2) is 0 Å². The van der Waals surface area contributed by atoms with E-state index in [1.54, 1.807) is 12.1 Å². The van der Waals surface area contributed by atoms with Crippen molar-refractivity contribution in [1.82, 2.24) is 5.32 Å². The molecule has 1 aromatic carbocycles. The maximum absolute atomic E-state index is 11.3. The minimum atomic E-state index is -1.13. The molecule has 0 aromatic heterocycles. The summed E-state index contributed by atoms with van der Waals surface area (Å²) in [4.78, 5) is 11.3. The summed E-state index contributed by atoms with van der Waals surface area (Å²) in [6.45, 7) is 8.86. The second-order valence-corrected chi connectivity index (χ2v) is 12.2. The lowest BCUT2D eigenvalue weighted by atomic mass is 9.85. The van der Waals surface area contributed by atoms with E-state index < -0.39 is 18.6 Å². The zero-order chi connectivity index (χ0) is 28.6. The van der Waals surface area contributed by atoms with E-state index in [4.69, 9.17) is 21.1 Å². The summed E-state index contributed by atoms with van der Waals surface area (Å²) in [6, 6.07) is 2.36. The van der Waals surface area contributed by atoms with Crippen LogP contribution in [0.2, 0.25) is 5.02 Å². The zero-order valence-corrected chi connectivity index (χ0v) is 25.4. The quantitative estimate of drug-likeness (QED) is 0.216. The Morgan fingerprint density at radius 1 is 1.21 bits per heavy atom. The van der Waals surface area contributed by atoms with Gasteiger partial charge in [0.2, 0.25) is 0 Å². The normalized spacial score (nSPS) is 19.3. The van der Waals surface area contributed by atoms with Crippen molar-refractivity contribution in [1.29, 1.82) is 0 Å². The Labute approximate surface area is 245 Å². The number of benzene rings is 1. The van der Waals surface area contributed by atoms with Gasteiger partial charge in [0, 0.05) is 28.6 Å². The molecular formula is C31H39BrClNO5. The van der Waals surface area contributed by atoms with Crippen LogP contribution in [-0.2, 0) is 11.3 Å². The van der Waals surface area contributed by atoms with Gasteiger partial charge < -0.3 is 19.7 Å². The number of carboxylic acids is 1. The van der Waals surface area contributed by atoms with Crippen molar-refractivity contribution in [3.8, 4) is 11.5 Å². The molecule has 1 aromatic rings. The molecule has 212 valence electrons. The van der Waals surface area contributed by atoms with Gasteiger partial charge in [0.1, 0.15) is 30.8 Å². The number of halogens is 2. The number of carbonyl (C=O) groups is 1. The van der Waals surface area contributed by atoms with Crippen LogP contribution in [0.4, 0.5) is 0 Å². The zero-order valence-electron chi connectivity index (χ0n) is 23.1. The average Bonchev–Trinajstić information content (AvgIpc) is 3.05. The molecule has 0 fully saturated rings. The summed E-state index contributed by atoms with van der Waals surface area (Å²) in [5, 5.41) is 21.8. The number of aliphatic hydroxyl groups excluding tert-OH is 1. The lowest BCUT2D eigenvalue weighted by molar-refractivity contribution is -0.140. The Balaban J connectivity index is 1.80. The van der Waals surface area contributed by atoms with Crippen LogP contribution < -0.4 is 14.8 Å². The number of allylic oxidation sites excluding steroid dienone is 7. The van der Waals surface area contributed by atoms with E-state index in [9.17, 15) is 15.0 Å². The molecule has 2 atom stereocenters. The first-order chi connectivity index (χ1) is 18.5. The van der Waals surface area contributed by atoms with Gasteiger partial charge in [-0.3, -0.25) is 10.1 Å². The van der Waals surface area contributed by atoms with Crippen LogP contribution in [0, 0.1) is 11.3 Å². The van der Waals surface area contributed by atoms with Crippen molar-refractivity contribution in [2.75, 3.05) is 19.8 Å². The van der Waals surface area contributed by atoms with Gasteiger partial charge in [-0.2, -0.15) is 0 Å². The van der Waals surface area contributed by atoms with Gasteiger partial charge in [-0.15, -0.1) is 0 Å². The summed E-state index contributed by atoms with van der Waals surface area (Å²) in [6.07, 6.45) is 16.1. The highest BCUT2D eigenvalue weighted by Crippen LogP contribution is 2.40. The van der Waals surface area contributed by atoms with E-state index in [0.29, 0.717) is 35.3 Å². The van der Waals surface area contributed by atoms with Crippen molar-refractivity contribution in [3.05, 3.63) is 80.4 Å². The lowest BCUT2D eigenvalue weighted by Gasteiger charge is -2.24. The van der Waals surface area contributed by atoms with Crippen LogP contribution in [0.5, 0.6) is 11.5 Å². The monoisotopic (exact) mass is 619 g/mol. The molecule has 0 amide bonds. The van der Waals surface area contributed by atoms with E-state index in [1.165, 1.54) is 5.57 Å². The molecule has 0 saturated carbocycles. The number of aliphatic hydroxyl groups is 1. The summed E-state index contributed by atoms with van der Waals surface area (Å²) < 4.78 is 13.3. The van der Waals surface area contributed by atoms with Crippen LogP contribution in [0.25, 0.3) is 0 Å². The number of hydrogen-bond donors (Lipinski definition) is 3. The number of nitrogens with one attached hydrogen (secondary N) is 1. The van der Waals surface area contributed by atoms with Crippen molar-refractivity contribution >= 4 is 33.5 Å². The number of aliphatic carboxylic acids is 1. The summed E-state index contributed by atoms with van der Waals surface area (Å²) in [5.74, 6) is 0.123. The van der Waals surface area contributed by atoms with Crippen LogP contribution in [0.15, 0.2) is 69.8 Å². The van der Waals surface area contributed by atoms with Crippen LogP contribution in [-0.4, -0.2) is 42.0 Å². The summed E-state index contributed by atoms with van der Waals surface area (Å²) in [7, 11) is 0. The Morgan fingerprint density at radius 2 is 1.97 bits per heavy atom. The molecule has 0 saturated heterocycles. The van der Waals surface area contributed by atoms with Gasteiger partial charge >= 0.3 is 5.97 Å². The van der Waals surface area contributed by atoms with E-state index >= 15 is 0 Å². The fourth-order valence-electron chi connectivity index (χ4n) is 4.35. The number of ether oxygens (including phenoxy) is 2. The first-order valence-electron chi connectivity index (χ1n) is 13.2. The van der Waals surface area contributed by atoms with Crippen molar-refractivity contribution in [3.63, 3.8) is 0 Å². The van der Waals surface area contributed by atoms with Gasteiger partial charge in [0.25, 0.3) is 0 Å². The van der Waals surface area contributed by atoms with Crippen molar-refractivity contribution in [2.45, 2.75) is 59.5 Å². The van der Waals surface area contributed by atoms with Gasteiger partial charge in [-0.1, -0.05) is 77.3 Å². The largest absolute Gasteiger partial charge is 0.489 e. The molecular weight excluding hydrogens is 582 g/mol. The van der Waals surface area contributed by atoms with Crippen LogP contribution >= 0.6 is 27.5 Å². The third-order valence-corrected chi connectivity index (χ3v) is 8.18. The fraction of sp³-hybridized carbons (Fsp3) is 0.452. The minimum absolute atomic E-state index is 0.155. The molecule has 0 aliphatic heterocycles. The summed E-state index contributed by atoms with van der Waals surface area (Å²) >= 11 is 10.5. The highest BCUT2D eigenvalue weighted by Gasteiger charge is 2.25. The molecule has 0 radical (unpaired) electrons. The number of hydrogen-bond acceptors (Lipinski definition) is 5. The lowest BCUT2D eigenvalue weighted by Crippen LogP contribution is -2.39. The van der Waals surface area contributed by atoms with Gasteiger partial charge in [-0.05, 0) is 61.8 Å². The fourth-order valence-corrected chi connectivity index (χ4v) is 5.29. The molecule has 2 aliphatic rings. The maximum atomic E-state index is 11.3. The van der Waals surface area contributed by atoms with Crippen molar-refractivity contribution < 1.29 is 24.5 Å². The third kappa shape index (κ3) is 9.10. The Bertz CT molecular complexity index is 1190. The first kappa shape index (κ1) is 31.2. The average molecular weight is 621 g/mol. The summed E-state index contributed by atoms with van der Waals surface area (Å²) in [5.41, 5.74) is 4.42. The molecule has 3 N–H and O–H groups in total. The standard InChI is InChI=1S/C31H39BrClNO5/c1-20(2)11-14-38-27-16-28(25(33)15-23(27)17-34-26(18-35)30(36)37)39-19-22-7-5-9-24(29(22)32)21-8-6-12-31(3,4)13-10-21/h5-8,10-11,15-16,24,26,34-35H,9,12-14,17-19H2,1-4H3,(H,36,37). The topological polar surface area (TPSA) is 88.0 Å². The third-order valence-electron chi connectivity index (χ3n) is 6.83. The van der Waals surface area contributed by atoms with Crippen LogP contribution in [0.1, 0.15) is 52.5 Å². The van der Waals surface area contributed by atoms with Gasteiger partial charge in [0.15, 0.2) is 0 Å². The molecule has 39 heavy (non-hydrogen) atoms. The van der Waals surface area contributed by atoms with E-state index in [2.05, 4.69) is 65.5 Å². The molecule has 8 heteroatoms. The van der Waals surface area contributed by atoms with E-state index in [-0.39, 0.29) is 17.9 Å². The predicted octanol–water partition coefficient (Wildman–Crippen LogP) is 7.13. The van der Waals surface area contributed by atoms with E-state index in [0.717, 1.165) is 34.9 Å². The highest BCUT2D eigenvalue weighted by atomic mass is 79.9. The number of rotatable bonds is 12.